The molecule has 0 spiro atoms. The van der Waals surface area contributed by atoms with Crippen molar-refractivity contribution in [1.29, 1.82) is 0 Å². The first-order chi connectivity index (χ1) is 6.36. The number of halogens is 1. The molecule has 3 nitrogen and oxygen atoms in total. The zero-order valence-electron chi connectivity index (χ0n) is 7.26. The van der Waals surface area contributed by atoms with Crippen LogP contribution in [0.4, 0.5) is 4.39 Å². The van der Waals surface area contributed by atoms with E-state index in [0.29, 0.717) is 0 Å². The predicted molar refractivity (Wildman–Crippen MR) is 47.8 cm³/mol. The molecule has 0 aliphatic carbocycles. The number of nitrogens with zero attached hydrogens (tertiary/aromatic N) is 1. The number of pyridine rings is 1. The van der Waals surface area contributed by atoms with Gasteiger partial charge in [0.2, 0.25) is 5.95 Å². The normalized spacial score (nSPS) is 23.0. The van der Waals surface area contributed by atoms with Gasteiger partial charge < -0.3 is 10.6 Å². The third kappa shape index (κ3) is 2.02. The van der Waals surface area contributed by atoms with E-state index in [9.17, 15) is 4.39 Å². The van der Waals surface area contributed by atoms with Gasteiger partial charge in [-0.15, -0.1) is 0 Å². The molecule has 0 saturated carbocycles. The van der Waals surface area contributed by atoms with Crippen LogP contribution in [0.1, 0.15) is 11.6 Å². The summed E-state index contributed by atoms with van der Waals surface area (Å²) in [5.74, 6) is -0.424. The molecule has 70 valence electrons. The zero-order valence-corrected chi connectivity index (χ0v) is 7.26. The van der Waals surface area contributed by atoms with Gasteiger partial charge in [0.1, 0.15) is 0 Å². The van der Waals surface area contributed by atoms with Crippen molar-refractivity contribution in [3.63, 3.8) is 0 Å². The molecule has 1 saturated heterocycles. The van der Waals surface area contributed by atoms with Crippen molar-refractivity contribution >= 4 is 0 Å². The van der Waals surface area contributed by atoms with Gasteiger partial charge in [-0.25, -0.2) is 4.98 Å². The van der Waals surface area contributed by atoms with E-state index in [1.165, 1.54) is 6.07 Å². The lowest BCUT2D eigenvalue weighted by Gasteiger charge is -2.24. The van der Waals surface area contributed by atoms with Crippen LogP contribution in [-0.2, 0) is 0 Å². The van der Waals surface area contributed by atoms with Crippen LogP contribution in [0.2, 0.25) is 0 Å². The summed E-state index contributed by atoms with van der Waals surface area (Å²) in [7, 11) is 0. The number of rotatable bonds is 1. The van der Waals surface area contributed by atoms with E-state index in [0.717, 1.165) is 25.2 Å². The average molecular weight is 181 g/mol. The Bertz CT molecular complexity index is 267. The van der Waals surface area contributed by atoms with E-state index < -0.39 is 5.95 Å². The van der Waals surface area contributed by atoms with Crippen LogP contribution in [0.3, 0.4) is 0 Å². The fraction of sp³-hybridized carbons (Fsp3) is 0.444. The number of hydrogen-bond acceptors (Lipinski definition) is 3. The summed E-state index contributed by atoms with van der Waals surface area (Å²) in [5.41, 5.74) is 1.04. The maximum Gasteiger partial charge on any atom is 0.212 e. The topological polar surface area (TPSA) is 37.0 Å². The van der Waals surface area contributed by atoms with E-state index in [-0.39, 0.29) is 6.04 Å². The van der Waals surface area contributed by atoms with Gasteiger partial charge in [0, 0.05) is 31.9 Å². The number of hydrogen-bond donors (Lipinski definition) is 2. The summed E-state index contributed by atoms with van der Waals surface area (Å²) in [5, 5.41) is 6.59. The van der Waals surface area contributed by atoms with Gasteiger partial charge >= 0.3 is 0 Å². The van der Waals surface area contributed by atoms with Crippen molar-refractivity contribution in [2.45, 2.75) is 6.04 Å². The molecule has 1 aliphatic rings. The fourth-order valence-corrected chi connectivity index (χ4v) is 1.48. The Morgan fingerprint density at radius 1 is 1.38 bits per heavy atom. The van der Waals surface area contributed by atoms with Gasteiger partial charge in [-0.3, -0.25) is 0 Å². The minimum absolute atomic E-state index is 0.266. The van der Waals surface area contributed by atoms with E-state index in [4.69, 9.17) is 0 Å². The van der Waals surface area contributed by atoms with E-state index >= 15 is 0 Å². The van der Waals surface area contributed by atoms with Crippen LogP contribution >= 0.6 is 0 Å². The highest BCUT2D eigenvalue weighted by Gasteiger charge is 2.13. The molecule has 2 N–H and O–H groups in total. The van der Waals surface area contributed by atoms with Gasteiger partial charge in [0.05, 0.1) is 0 Å². The Balaban J connectivity index is 2.10. The third-order valence-electron chi connectivity index (χ3n) is 2.19. The largest absolute Gasteiger partial charge is 0.314 e. The highest BCUT2D eigenvalue weighted by Crippen LogP contribution is 2.12. The minimum atomic E-state index is -0.424. The fourth-order valence-electron chi connectivity index (χ4n) is 1.48. The second-order valence-electron chi connectivity index (χ2n) is 3.13. The lowest BCUT2D eigenvalue weighted by Crippen LogP contribution is -2.42. The van der Waals surface area contributed by atoms with Crippen molar-refractivity contribution in [3.05, 3.63) is 29.8 Å². The quantitative estimate of drug-likeness (QED) is 0.618. The van der Waals surface area contributed by atoms with Crippen LogP contribution in [0, 0.1) is 5.95 Å². The summed E-state index contributed by atoms with van der Waals surface area (Å²) in [4.78, 5) is 3.62. The predicted octanol–water partition coefficient (Wildman–Crippen LogP) is 0.455. The summed E-state index contributed by atoms with van der Waals surface area (Å²) in [6.07, 6.45) is 1.58. The van der Waals surface area contributed by atoms with Crippen LogP contribution in [0.25, 0.3) is 0 Å². The molecule has 1 fully saturated rings. The molecule has 0 unspecified atom stereocenters. The van der Waals surface area contributed by atoms with Crippen molar-refractivity contribution in [3.8, 4) is 0 Å². The molecular weight excluding hydrogens is 169 g/mol. The number of piperazine rings is 1. The number of nitrogens with one attached hydrogen (secondary N) is 2. The first-order valence-corrected chi connectivity index (χ1v) is 4.42. The van der Waals surface area contributed by atoms with Gasteiger partial charge in [-0.05, 0) is 11.6 Å². The molecule has 1 aromatic heterocycles. The molecule has 0 aromatic carbocycles. The molecule has 13 heavy (non-hydrogen) atoms. The van der Waals surface area contributed by atoms with Gasteiger partial charge in [0.15, 0.2) is 0 Å². The van der Waals surface area contributed by atoms with Crippen LogP contribution in [0.5, 0.6) is 0 Å². The summed E-state index contributed by atoms with van der Waals surface area (Å²) >= 11 is 0. The van der Waals surface area contributed by atoms with E-state index in [2.05, 4.69) is 15.6 Å². The molecule has 0 bridgehead atoms. The van der Waals surface area contributed by atoms with E-state index in [1.54, 1.807) is 12.3 Å². The Labute approximate surface area is 76.4 Å². The molecule has 1 aliphatic heterocycles. The monoisotopic (exact) mass is 181 g/mol. The first-order valence-electron chi connectivity index (χ1n) is 4.42. The lowest BCUT2D eigenvalue weighted by molar-refractivity contribution is 0.428. The van der Waals surface area contributed by atoms with Gasteiger partial charge in [-0.2, -0.15) is 4.39 Å². The zero-order chi connectivity index (χ0) is 9.10. The van der Waals surface area contributed by atoms with Crippen molar-refractivity contribution < 1.29 is 4.39 Å². The first kappa shape index (κ1) is 8.59. The maximum absolute atomic E-state index is 12.5. The molecular formula is C9H12FN3. The van der Waals surface area contributed by atoms with Crippen molar-refractivity contribution in [1.82, 2.24) is 15.6 Å². The highest BCUT2D eigenvalue weighted by molar-refractivity contribution is 5.15. The SMILES string of the molecule is Fc1ccc([C@@H]2CNCCN2)cn1. The smallest absolute Gasteiger partial charge is 0.212 e. The Morgan fingerprint density at radius 3 is 2.92 bits per heavy atom. The molecule has 0 amide bonds. The van der Waals surface area contributed by atoms with Gasteiger partial charge in [-0.1, -0.05) is 6.07 Å². The molecule has 0 radical (unpaired) electrons. The molecule has 2 heterocycles. The summed E-state index contributed by atoms with van der Waals surface area (Å²) in [6, 6.07) is 3.43. The van der Waals surface area contributed by atoms with Crippen LogP contribution in [-0.4, -0.2) is 24.6 Å². The third-order valence-corrected chi connectivity index (χ3v) is 2.19. The Morgan fingerprint density at radius 2 is 2.31 bits per heavy atom. The second-order valence-corrected chi connectivity index (χ2v) is 3.13. The summed E-state index contributed by atoms with van der Waals surface area (Å²) in [6.45, 7) is 2.82. The Kier molecular flexibility index (Phi) is 2.52. The van der Waals surface area contributed by atoms with Gasteiger partial charge in [0.25, 0.3) is 0 Å². The van der Waals surface area contributed by atoms with Crippen molar-refractivity contribution in [2.24, 2.45) is 0 Å². The highest BCUT2D eigenvalue weighted by atomic mass is 19.1. The van der Waals surface area contributed by atoms with Crippen LogP contribution in [0.15, 0.2) is 18.3 Å². The molecule has 1 aromatic rings. The lowest BCUT2D eigenvalue weighted by atomic mass is 10.1. The van der Waals surface area contributed by atoms with Crippen molar-refractivity contribution in [2.75, 3.05) is 19.6 Å². The molecule has 1 atom stereocenters. The van der Waals surface area contributed by atoms with E-state index in [1.807, 2.05) is 0 Å². The average Bonchev–Trinajstić information content (AvgIpc) is 2.20. The molecule has 2 rings (SSSR count). The molecule has 4 heteroatoms. The number of aromatic nitrogens is 1. The summed E-state index contributed by atoms with van der Waals surface area (Å²) < 4.78 is 12.5. The Hall–Kier alpha value is -1.00. The minimum Gasteiger partial charge on any atom is -0.314 e. The standard InChI is InChI=1S/C9H12FN3/c10-9-2-1-7(5-13-9)8-6-11-3-4-12-8/h1-2,5,8,11-12H,3-4,6H2/t8-/m0/s1. The van der Waals surface area contributed by atoms with Crippen LogP contribution < -0.4 is 10.6 Å². The second kappa shape index (κ2) is 3.81. The maximum atomic E-state index is 12.5.